The molecule has 1 fully saturated rings. The van der Waals surface area contributed by atoms with Crippen LogP contribution in [0.15, 0.2) is 12.1 Å². The van der Waals surface area contributed by atoms with Crippen LogP contribution in [0.2, 0.25) is 5.02 Å². The molecule has 0 aromatic heterocycles. The zero-order valence-electron chi connectivity index (χ0n) is 12.7. The van der Waals surface area contributed by atoms with E-state index in [4.69, 9.17) is 21.1 Å². The molecule has 1 N–H and O–H groups in total. The molecule has 4 heteroatoms. The van der Waals surface area contributed by atoms with Crippen LogP contribution >= 0.6 is 11.6 Å². The summed E-state index contributed by atoms with van der Waals surface area (Å²) in [7, 11) is 3.28. The van der Waals surface area contributed by atoms with Crippen molar-refractivity contribution in [3.05, 3.63) is 17.2 Å². The van der Waals surface area contributed by atoms with Crippen LogP contribution in [0.5, 0.6) is 11.5 Å². The number of ether oxygens (including phenoxy) is 2. The van der Waals surface area contributed by atoms with E-state index >= 15 is 0 Å². The van der Waals surface area contributed by atoms with E-state index in [1.807, 2.05) is 12.1 Å². The van der Waals surface area contributed by atoms with Gasteiger partial charge in [-0.05, 0) is 30.7 Å². The number of methoxy groups -OCH3 is 2. The van der Waals surface area contributed by atoms with Crippen molar-refractivity contribution in [2.45, 2.75) is 39.2 Å². The van der Waals surface area contributed by atoms with Crippen LogP contribution in [0.3, 0.4) is 0 Å². The van der Waals surface area contributed by atoms with Crippen molar-refractivity contribution in [3.8, 4) is 11.5 Å². The first-order chi connectivity index (χ1) is 9.56. The highest BCUT2D eigenvalue weighted by Crippen LogP contribution is 2.39. The fraction of sp³-hybridized carbons (Fsp3) is 0.625. The summed E-state index contributed by atoms with van der Waals surface area (Å²) in [6.45, 7) is 4.62. The van der Waals surface area contributed by atoms with E-state index in [0.717, 1.165) is 11.4 Å². The van der Waals surface area contributed by atoms with Crippen LogP contribution in [0, 0.1) is 11.8 Å². The lowest BCUT2D eigenvalue weighted by Crippen LogP contribution is -2.37. The molecule has 1 aromatic carbocycles. The SMILES string of the molecule is COc1cc(OC)c(NC2C(C)CCCC2C)cc1Cl. The lowest BCUT2D eigenvalue weighted by atomic mass is 9.78. The van der Waals surface area contributed by atoms with Gasteiger partial charge in [0.25, 0.3) is 0 Å². The van der Waals surface area contributed by atoms with Crippen molar-refractivity contribution in [1.82, 2.24) is 0 Å². The van der Waals surface area contributed by atoms with Crippen molar-refractivity contribution in [3.63, 3.8) is 0 Å². The van der Waals surface area contributed by atoms with E-state index in [0.29, 0.717) is 28.6 Å². The molecule has 1 aliphatic rings. The van der Waals surface area contributed by atoms with Crippen LogP contribution in [0.4, 0.5) is 5.69 Å². The van der Waals surface area contributed by atoms with Gasteiger partial charge < -0.3 is 14.8 Å². The molecule has 20 heavy (non-hydrogen) atoms. The number of hydrogen-bond donors (Lipinski definition) is 1. The molecule has 2 rings (SSSR count). The van der Waals surface area contributed by atoms with Crippen molar-refractivity contribution in [1.29, 1.82) is 0 Å². The molecule has 112 valence electrons. The topological polar surface area (TPSA) is 30.5 Å². The standard InChI is InChI=1S/C16H24ClNO2/c1-10-6-5-7-11(2)16(10)18-13-8-12(17)14(19-3)9-15(13)20-4/h8-11,16,18H,5-7H2,1-4H3. The third-order valence-electron chi connectivity index (χ3n) is 4.34. The molecule has 0 spiro atoms. The highest BCUT2D eigenvalue weighted by Gasteiger charge is 2.28. The van der Waals surface area contributed by atoms with Crippen LogP contribution < -0.4 is 14.8 Å². The molecule has 0 radical (unpaired) electrons. The second-order valence-electron chi connectivity index (χ2n) is 5.74. The second kappa shape index (κ2) is 6.57. The smallest absolute Gasteiger partial charge is 0.145 e. The largest absolute Gasteiger partial charge is 0.495 e. The van der Waals surface area contributed by atoms with Crippen molar-refractivity contribution < 1.29 is 9.47 Å². The number of anilines is 1. The number of benzene rings is 1. The van der Waals surface area contributed by atoms with Gasteiger partial charge in [0.05, 0.1) is 24.9 Å². The predicted octanol–water partition coefficient (Wildman–Crippen LogP) is 4.59. The number of rotatable bonds is 4. The summed E-state index contributed by atoms with van der Waals surface area (Å²) in [4.78, 5) is 0. The van der Waals surface area contributed by atoms with Crippen molar-refractivity contribution >= 4 is 17.3 Å². The zero-order valence-corrected chi connectivity index (χ0v) is 13.5. The maximum absolute atomic E-state index is 6.23. The summed E-state index contributed by atoms with van der Waals surface area (Å²) in [6, 6.07) is 4.19. The van der Waals surface area contributed by atoms with Crippen LogP contribution in [0.1, 0.15) is 33.1 Å². The molecule has 1 aromatic rings. The first-order valence-corrected chi connectivity index (χ1v) is 7.62. The lowest BCUT2D eigenvalue weighted by Gasteiger charge is -2.36. The van der Waals surface area contributed by atoms with E-state index in [2.05, 4.69) is 19.2 Å². The first-order valence-electron chi connectivity index (χ1n) is 7.24. The van der Waals surface area contributed by atoms with E-state index < -0.39 is 0 Å². The number of hydrogen-bond acceptors (Lipinski definition) is 3. The molecule has 2 atom stereocenters. The second-order valence-corrected chi connectivity index (χ2v) is 6.15. The van der Waals surface area contributed by atoms with Gasteiger partial charge in [-0.15, -0.1) is 0 Å². The summed E-state index contributed by atoms with van der Waals surface area (Å²) in [6.07, 6.45) is 3.86. The monoisotopic (exact) mass is 297 g/mol. The Hall–Kier alpha value is -1.09. The number of nitrogens with one attached hydrogen (secondary N) is 1. The minimum atomic E-state index is 0.460. The van der Waals surface area contributed by atoms with E-state index in [9.17, 15) is 0 Å². The molecule has 0 aliphatic heterocycles. The van der Waals surface area contributed by atoms with Gasteiger partial charge in [-0.3, -0.25) is 0 Å². The molecule has 0 saturated heterocycles. The quantitative estimate of drug-likeness (QED) is 0.881. The minimum absolute atomic E-state index is 0.460. The third-order valence-corrected chi connectivity index (χ3v) is 4.64. The predicted molar refractivity (Wildman–Crippen MR) is 84.1 cm³/mol. The molecule has 0 amide bonds. The lowest BCUT2D eigenvalue weighted by molar-refractivity contribution is 0.267. The molecule has 3 nitrogen and oxygen atoms in total. The van der Waals surface area contributed by atoms with Gasteiger partial charge in [-0.2, -0.15) is 0 Å². The van der Waals surface area contributed by atoms with Gasteiger partial charge in [0, 0.05) is 12.1 Å². The summed E-state index contributed by atoms with van der Waals surface area (Å²) in [5.41, 5.74) is 0.948. The normalized spacial score (nSPS) is 26.1. The summed E-state index contributed by atoms with van der Waals surface area (Å²) in [5.74, 6) is 2.73. The Balaban J connectivity index is 2.25. The Morgan fingerprint density at radius 2 is 1.65 bits per heavy atom. The molecule has 2 unspecified atom stereocenters. The molecular weight excluding hydrogens is 274 g/mol. The highest BCUT2D eigenvalue weighted by molar-refractivity contribution is 6.32. The van der Waals surface area contributed by atoms with Gasteiger partial charge in [-0.1, -0.05) is 31.9 Å². The Labute approximate surface area is 126 Å². The maximum Gasteiger partial charge on any atom is 0.145 e. The van der Waals surface area contributed by atoms with Gasteiger partial charge in [0.1, 0.15) is 11.5 Å². The summed E-state index contributed by atoms with van der Waals surface area (Å²) < 4.78 is 10.7. The van der Waals surface area contributed by atoms with E-state index in [1.54, 1.807) is 14.2 Å². The fourth-order valence-corrected chi connectivity index (χ4v) is 3.36. The highest BCUT2D eigenvalue weighted by atomic mass is 35.5. The zero-order chi connectivity index (χ0) is 14.7. The summed E-state index contributed by atoms with van der Waals surface area (Å²) in [5, 5.41) is 4.23. The molecular formula is C16H24ClNO2. The van der Waals surface area contributed by atoms with Crippen molar-refractivity contribution in [2.75, 3.05) is 19.5 Å². The average molecular weight is 298 g/mol. The van der Waals surface area contributed by atoms with Gasteiger partial charge in [0.15, 0.2) is 0 Å². The number of halogens is 1. The fourth-order valence-electron chi connectivity index (χ4n) is 3.12. The Bertz CT molecular complexity index is 454. The molecule has 1 aliphatic carbocycles. The van der Waals surface area contributed by atoms with E-state index in [1.165, 1.54) is 19.3 Å². The molecule has 0 heterocycles. The maximum atomic E-state index is 6.23. The molecule has 1 saturated carbocycles. The first kappa shape index (κ1) is 15.3. The summed E-state index contributed by atoms with van der Waals surface area (Å²) >= 11 is 6.23. The van der Waals surface area contributed by atoms with Crippen LogP contribution in [-0.4, -0.2) is 20.3 Å². The molecule has 0 bridgehead atoms. The van der Waals surface area contributed by atoms with Gasteiger partial charge >= 0.3 is 0 Å². The van der Waals surface area contributed by atoms with Crippen LogP contribution in [-0.2, 0) is 0 Å². The van der Waals surface area contributed by atoms with Crippen LogP contribution in [0.25, 0.3) is 0 Å². The third kappa shape index (κ3) is 3.14. The average Bonchev–Trinajstić information content (AvgIpc) is 2.43. The minimum Gasteiger partial charge on any atom is -0.495 e. The van der Waals surface area contributed by atoms with E-state index in [-0.39, 0.29) is 0 Å². The Kier molecular flexibility index (Phi) is 5.03. The Morgan fingerprint density at radius 3 is 2.20 bits per heavy atom. The van der Waals surface area contributed by atoms with Gasteiger partial charge in [-0.25, -0.2) is 0 Å². The van der Waals surface area contributed by atoms with Crippen molar-refractivity contribution in [2.24, 2.45) is 11.8 Å². The Morgan fingerprint density at radius 1 is 1.05 bits per heavy atom. The van der Waals surface area contributed by atoms with Gasteiger partial charge in [0.2, 0.25) is 0 Å².